The van der Waals surface area contributed by atoms with Crippen molar-refractivity contribution < 1.29 is 17.9 Å². The third-order valence-corrected chi connectivity index (χ3v) is 7.97. The standard InChI is InChI=1S/C18H26N2O4S/c1-16(2,3)24-15(21)20-17-7-10-18(11-8-17,12-9-17)25(22,23)14-6-4-5-13-19-14/h4-6,13H,7-12H2,1-3H3,(H,20,21). The zero-order chi connectivity index (χ0) is 18.3. The number of ether oxygens (including phenoxy) is 1. The third kappa shape index (κ3) is 3.38. The number of carbonyl (C=O) groups excluding carboxylic acids is 1. The van der Waals surface area contributed by atoms with E-state index < -0.39 is 26.3 Å². The Morgan fingerprint density at radius 1 is 1.12 bits per heavy atom. The fourth-order valence-electron chi connectivity index (χ4n) is 3.99. The lowest BCUT2D eigenvalue weighted by Gasteiger charge is -2.52. The summed E-state index contributed by atoms with van der Waals surface area (Å²) in [6, 6.07) is 4.99. The van der Waals surface area contributed by atoms with E-state index in [1.165, 1.54) is 6.20 Å². The Hall–Kier alpha value is -1.63. The van der Waals surface area contributed by atoms with Crippen molar-refractivity contribution >= 4 is 15.9 Å². The fourth-order valence-corrected chi connectivity index (χ4v) is 6.00. The largest absolute Gasteiger partial charge is 0.444 e. The van der Waals surface area contributed by atoms with Crippen LogP contribution in [0.3, 0.4) is 0 Å². The molecule has 3 aliphatic rings. The van der Waals surface area contributed by atoms with Crippen LogP contribution in [-0.4, -0.2) is 35.4 Å². The molecule has 0 aliphatic heterocycles. The SMILES string of the molecule is CC(C)(C)OC(=O)NC12CCC(S(=O)(=O)c3ccccn3)(CC1)CC2. The minimum absolute atomic E-state index is 0.157. The first-order chi connectivity index (χ1) is 11.6. The van der Waals surface area contributed by atoms with Gasteiger partial charge in [0.25, 0.3) is 0 Å². The van der Waals surface area contributed by atoms with Crippen LogP contribution in [0.15, 0.2) is 29.4 Å². The molecule has 6 nitrogen and oxygen atoms in total. The second-order valence-electron chi connectivity index (χ2n) is 8.26. The molecule has 3 fully saturated rings. The topological polar surface area (TPSA) is 85.4 Å². The summed E-state index contributed by atoms with van der Waals surface area (Å²) in [5.41, 5.74) is -0.889. The molecule has 1 aromatic rings. The first-order valence-electron chi connectivity index (χ1n) is 8.75. The number of aromatic nitrogens is 1. The fraction of sp³-hybridized carbons (Fsp3) is 0.667. The highest BCUT2D eigenvalue weighted by molar-refractivity contribution is 7.92. The molecule has 1 amide bonds. The molecule has 25 heavy (non-hydrogen) atoms. The summed E-state index contributed by atoms with van der Waals surface area (Å²) in [6.07, 6.45) is 4.68. The van der Waals surface area contributed by atoms with Gasteiger partial charge in [0.2, 0.25) is 9.84 Å². The zero-order valence-electron chi connectivity index (χ0n) is 15.0. The number of nitrogens with one attached hydrogen (secondary N) is 1. The second-order valence-corrected chi connectivity index (χ2v) is 10.6. The van der Waals surface area contributed by atoms with Gasteiger partial charge in [0.1, 0.15) is 5.60 Å². The lowest BCUT2D eigenvalue weighted by molar-refractivity contribution is 0.0337. The van der Waals surface area contributed by atoms with Crippen LogP contribution in [0.4, 0.5) is 4.79 Å². The molecule has 0 saturated heterocycles. The van der Waals surface area contributed by atoms with E-state index in [-0.39, 0.29) is 10.6 Å². The molecule has 0 spiro atoms. The van der Waals surface area contributed by atoms with E-state index >= 15 is 0 Å². The van der Waals surface area contributed by atoms with Crippen LogP contribution in [0.25, 0.3) is 0 Å². The van der Waals surface area contributed by atoms with Gasteiger partial charge in [-0.2, -0.15) is 0 Å². The maximum atomic E-state index is 13.1. The van der Waals surface area contributed by atoms with Crippen LogP contribution in [0.5, 0.6) is 0 Å². The van der Waals surface area contributed by atoms with Crippen molar-refractivity contribution in [3.63, 3.8) is 0 Å². The molecule has 3 saturated carbocycles. The molecule has 1 aromatic heterocycles. The third-order valence-electron chi connectivity index (χ3n) is 5.43. The quantitative estimate of drug-likeness (QED) is 0.888. The van der Waals surface area contributed by atoms with Gasteiger partial charge in [-0.05, 0) is 71.4 Å². The molecule has 0 aromatic carbocycles. The smallest absolute Gasteiger partial charge is 0.408 e. The number of rotatable bonds is 3. The zero-order valence-corrected chi connectivity index (χ0v) is 15.9. The summed E-state index contributed by atoms with van der Waals surface area (Å²) in [6.45, 7) is 5.49. The Balaban J connectivity index is 1.74. The van der Waals surface area contributed by atoms with Crippen molar-refractivity contribution in [2.45, 2.75) is 80.2 Å². The molecule has 1 N–H and O–H groups in total. The predicted octanol–water partition coefficient (Wildman–Crippen LogP) is 3.23. The maximum absolute atomic E-state index is 13.1. The summed E-state index contributed by atoms with van der Waals surface area (Å²) in [7, 11) is -3.47. The minimum atomic E-state index is -3.47. The molecular weight excluding hydrogens is 340 g/mol. The number of sulfone groups is 1. The predicted molar refractivity (Wildman–Crippen MR) is 94.0 cm³/mol. The van der Waals surface area contributed by atoms with Crippen LogP contribution >= 0.6 is 0 Å². The summed E-state index contributed by atoms with van der Waals surface area (Å²) in [5, 5.41) is 3.17. The van der Waals surface area contributed by atoms with Gasteiger partial charge in [-0.1, -0.05) is 6.07 Å². The highest BCUT2D eigenvalue weighted by Crippen LogP contribution is 2.52. The molecule has 4 rings (SSSR count). The maximum Gasteiger partial charge on any atom is 0.408 e. The van der Waals surface area contributed by atoms with Crippen molar-refractivity contribution in [1.82, 2.24) is 10.3 Å². The molecule has 138 valence electrons. The van der Waals surface area contributed by atoms with E-state index in [1.54, 1.807) is 18.2 Å². The summed E-state index contributed by atoms with van der Waals surface area (Å²) >= 11 is 0. The summed E-state index contributed by atoms with van der Waals surface area (Å²) in [5.74, 6) is 0. The number of hydrogen-bond donors (Lipinski definition) is 1. The first kappa shape index (κ1) is 18.2. The van der Waals surface area contributed by atoms with Crippen LogP contribution < -0.4 is 5.32 Å². The summed E-state index contributed by atoms with van der Waals surface area (Å²) in [4.78, 5) is 16.2. The van der Waals surface area contributed by atoms with Crippen LogP contribution in [0.1, 0.15) is 59.3 Å². The van der Waals surface area contributed by atoms with E-state index in [0.717, 1.165) is 0 Å². The van der Waals surface area contributed by atoms with Gasteiger partial charge in [0, 0.05) is 11.7 Å². The monoisotopic (exact) mass is 366 g/mol. The Morgan fingerprint density at radius 2 is 1.72 bits per heavy atom. The molecular formula is C18H26N2O4S. The van der Waals surface area contributed by atoms with Crippen LogP contribution in [0.2, 0.25) is 0 Å². The minimum Gasteiger partial charge on any atom is -0.444 e. The van der Waals surface area contributed by atoms with Gasteiger partial charge in [-0.3, -0.25) is 0 Å². The van der Waals surface area contributed by atoms with Crippen LogP contribution in [0, 0.1) is 0 Å². The number of alkyl carbamates (subject to hydrolysis) is 1. The highest BCUT2D eigenvalue weighted by atomic mass is 32.2. The van der Waals surface area contributed by atoms with Gasteiger partial charge in [-0.15, -0.1) is 0 Å². The molecule has 1 heterocycles. The van der Waals surface area contributed by atoms with Gasteiger partial charge in [-0.25, -0.2) is 18.2 Å². The lowest BCUT2D eigenvalue weighted by Crippen LogP contribution is -2.61. The number of fused-ring (bicyclic) bond motifs is 3. The Labute approximate surface area is 149 Å². The Kier molecular flexibility index (Phi) is 4.34. The first-order valence-corrected chi connectivity index (χ1v) is 10.2. The van der Waals surface area contributed by atoms with Crippen LogP contribution in [-0.2, 0) is 14.6 Å². The van der Waals surface area contributed by atoms with Crippen molar-refractivity contribution in [1.29, 1.82) is 0 Å². The molecule has 0 unspecified atom stereocenters. The summed E-state index contributed by atoms with van der Waals surface area (Å²) < 4.78 is 30.8. The number of hydrogen-bond acceptors (Lipinski definition) is 5. The van der Waals surface area contributed by atoms with Crippen molar-refractivity contribution in [2.75, 3.05) is 0 Å². The normalized spacial score (nSPS) is 29.2. The van der Waals surface area contributed by atoms with Gasteiger partial charge in [0.15, 0.2) is 5.03 Å². The molecule has 7 heteroatoms. The highest BCUT2D eigenvalue weighted by Gasteiger charge is 2.56. The van der Waals surface area contributed by atoms with Crippen molar-refractivity contribution in [3.05, 3.63) is 24.4 Å². The van der Waals surface area contributed by atoms with Gasteiger partial charge in [0.05, 0.1) is 4.75 Å². The number of carbonyl (C=O) groups is 1. The van der Waals surface area contributed by atoms with E-state index in [0.29, 0.717) is 38.5 Å². The molecule has 2 bridgehead atoms. The molecule has 0 atom stereocenters. The van der Waals surface area contributed by atoms with Gasteiger partial charge < -0.3 is 10.1 Å². The van der Waals surface area contributed by atoms with E-state index in [1.807, 2.05) is 20.8 Å². The van der Waals surface area contributed by atoms with Crippen molar-refractivity contribution in [3.8, 4) is 0 Å². The average Bonchev–Trinajstić information content (AvgIpc) is 2.55. The molecule has 0 radical (unpaired) electrons. The lowest BCUT2D eigenvalue weighted by atomic mass is 9.65. The number of pyridine rings is 1. The van der Waals surface area contributed by atoms with Crippen molar-refractivity contribution in [2.24, 2.45) is 0 Å². The number of nitrogens with zero attached hydrogens (tertiary/aromatic N) is 1. The average molecular weight is 366 g/mol. The van der Waals surface area contributed by atoms with Gasteiger partial charge >= 0.3 is 6.09 Å². The van der Waals surface area contributed by atoms with E-state index in [4.69, 9.17) is 4.74 Å². The number of amides is 1. The molecule has 3 aliphatic carbocycles. The van der Waals surface area contributed by atoms with E-state index in [2.05, 4.69) is 10.3 Å². The Morgan fingerprint density at radius 3 is 2.20 bits per heavy atom. The van der Waals surface area contributed by atoms with E-state index in [9.17, 15) is 13.2 Å². The second kappa shape index (κ2) is 5.97. The Bertz CT molecular complexity index is 729.